The Morgan fingerprint density at radius 2 is 2.23 bits per heavy atom. The van der Waals surface area contributed by atoms with Crippen LogP contribution in [0.1, 0.15) is 26.5 Å². The van der Waals surface area contributed by atoms with Gasteiger partial charge in [-0.25, -0.2) is 19.3 Å². The van der Waals surface area contributed by atoms with Crippen molar-refractivity contribution < 1.29 is 18.4 Å². The predicted molar refractivity (Wildman–Crippen MR) is 96.6 cm³/mol. The molecule has 0 saturated carbocycles. The number of ether oxygens (including phenoxy) is 2. The molecule has 3 heterocycles. The summed E-state index contributed by atoms with van der Waals surface area (Å²) >= 11 is 0. The first kappa shape index (κ1) is 18.9. The third kappa shape index (κ3) is 3.95. The molecule has 26 heavy (non-hydrogen) atoms. The van der Waals surface area contributed by atoms with Gasteiger partial charge in [-0.2, -0.15) is 0 Å². The molecule has 4 atom stereocenters. The summed E-state index contributed by atoms with van der Waals surface area (Å²) < 4.78 is 39.6. The lowest BCUT2D eigenvalue weighted by molar-refractivity contribution is -0.128. The van der Waals surface area contributed by atoms with Crippen molar-refractivity contribution in [3.8, 4) is 0 Å². The summed E-state index contributed by atoms with van der Waals surface area (Å²) in [5.41, 5.74) is 6.49. The maximum Gasteiger partial charge on any atom is 0.192 e. The molecule has 0 aliphatic carbocycles. The van der Waals surface area contributed by atoms with Crippen molar-refractivity contribution in [1.82, 2.24) is 19.5 Å². The van der Waals surface area contributed by atoms with E-state index in [1.807, 2.05) is 0 Å². The number of aromatic nitrogens is 4. The number of nitrogens with two attached hydrogens (primary N) is 1. The van der Waals surface area contributed by atoms with Crippen LogP contribution in [0, 0.1) is 5.92 Å². The van der Waals surface area contributed by atoms with Crippen LogP contribution in [0.3, 0.4) is 0 Å². The number of anilines is 1. The SMILES string of the molecule is CCC(C)C[P@](C)(=O)COC1C=C(F)[C@H](n2cnc3c(N)ncnc32)O1. The van der Waals surface area contributed by atoms with E-state index >= 15 is 0 Å². The van der Waals surface area contributed by atoms with E-state index < -0.39 is 25.5 Å². The summed E-state index contributed by atoms with van der Waals surface area (Å²) in [7, 11) is -2.47. The van der Waals surface area contributed by atoms with Crippen LogP contribution in [-0.4, -0.2) is 45.0 Å². The third-order valence-corrected chi connectivity index (χ3v) is 6.43. The highest BCUT2D eigenvalue weighted by atomic mass is 31.2. The Hall–Kier alpha value is -1.83. The van der Waals surface area contributed by atoms with E-state index in [2.05, 4.69) is 28.8 Å². The number of hydrogen-bond acceptors (Lipinski definition) is 7. The molecule has 2 unspecified atom stereocenters. The number of nitrogen functional groups attached to an aromatic ring is 1. The molecule has 2 aromatic heterocycles. The van der Waals surface area contributed by atoms with E-state index in [0.717, 1.165) is 6.42 Å². The van der Waals surface area contributed by atoms with Crippen LogP contribution in [0.15, 0.2) is 24.6 Å². The molecule has 0 amide bonds. The van der Waals surface area contributed by atoms with Crippen LogP contribution >= 0.6 is 7.14 Å². The monoisotopic (exact) mass is 383 g/mol. The second-order valence-corrected chi connectivity index (χ2v) is 10.00. The number of imidazole rings is 1. The molecule has 0 fully saturated rings. The molecule has 1 aliphatic heterocycles. The van der Waals surface area contributed by atoms with Crippen molar-refractivity contribution in [2.24, 2.45) is 5.92 Å². The van der Waals surface area contributed by atoms with Gasteiger partial charge >= 0.3 is 0 Å². The first-order valence-corrected chi connectivity index (χ1v) is 11.0. The highest BCUT2D eigenvalue weighted by molar-refractivity contribution is 7.62. The average molecular weight is 383 g/mol. The van der Waals surface area contributed by atoms with Gasteiger partial charge in [0.1, 0.15) is 25.3 Å². The van der Waals surface area contributed by atoms with Gasteiger partial charge in [-0.05, 0) is 12.6 Å². The molecule has 0 spiro atoms. The summed E-state index contributed by atoms with van der Waals surface area (Å²) in [5, 5.41) is 0. The predicted octanol–water partition coefficient (Wildman–Crippen LogP) is 3.13. The Labute approximate surface area is 151 Å². The Morgan fingerprint density at radius 3 is 2.96 bits per heavy atom. The van der Waals surface area contributed by atoms with Gasteiger partial charge in [-0.15, -0.1) is 0 Å². The quantitative estimate of drug-likeness (QED) is 0.732. The lowest BCUT2D eigenvalue weighted by atomic mass is 10.2. The summed E-state index contributed by atoms with van der Waals surface area (Å²) in [5.74, 6) is 0.0293. The molecule has 142 valence electrons. The van der Waals surface area contributed by atoms with Crippen molar-refractivity contribution in [3.05, 3.63) is 24.6 Å². The van der Waals surface area contributed by atoms with Gasteiger partial charge in [0.05, 0.1) is 6.33 Å². The van der Waals surface area contributed by atoms with Crippen LogP contribution < -0.4 is 5.73 Å². The molecule has 3 rings (SSSR count). The molecule has 0 aromatic carbocycles. The van der Waals surface area contributed by atoms with Gasteiger partial charge in [0.2, 0.25) is 0 Å². The minimum absolute atomic E-state index is 0.0400. The van der Waals surface area contributed by atoms with Crippen LogP contribution in [0.25, 0.3) is 11.2 Å². The van der Waals surface area contributed by atoms with Crippen molar-refractivity contribution in [2.75, 3.05) is 24.9 Å². The van der Waals surface area contributed by atoms with Gasteiger partial charge in [0, 0.05) is 12.2 Å². The summed E-state index contributed by atoms with van der Waals surface area (Å²) in [6.07, 6.45) is 3.52. The van der Waals surface area contributed by atoms with E-state index in [4.69, 9.17) is 15.2 Å². The van der Waals surface area contributed by atoms with Gasteiger partial charge in [-0.3, -0.25) is 4.57 Å². The van der Waals surface area contributed by atoms with Gasteiger partial charge < -0.3 is 19.8 Å². The number of halogens is 1. The van der Waals surface area contributed by atoms with Gasteiger partial charge in [0.25, 0.3) is 0 Å². The fraction of sp³-hybridized carbons (Fsp3) is 0.562. The molecule has 10 heteroatoms. The Morgan fingerprint density at radius 1 is 1.46 bits per heavy atom. The second kappa shape index (κ2) is 7.42. The van der Waals surface area contributed by atoms with Crippen molar-refractivity contribution in [3.63, 3.8) is 0 Å². The summed E-state index contributed by atoms with van der Waals surface area (Å²) in [6.45, 7) is 5.81. The lowest BCUT2D eigenvalue weighted by Crippen LogP contribution is -2.17. The van der Waals surface area contributed by atoms with Crippen LogP contribution in [0.5, 0.6) is 0 Å². The smallest absolute Gasteiger partial charge is 0.192 e. The first-order chi connectivity index (χ1) is 12.3. The molecule has 0 saturated heterocycles. The van der Waals surface area contributed by atoms with Crippen molar-refractivity contribution in [1.29, 1.82) is 0 Å². The standard InChI is InChI=1S/C16H23FN5O3P/c1-4-10(2)6-26(3,23)9-24-12-5-11(17)16(25-12)22-8-21-13-14(18)19-7-20-15(13)22/h5,7-8,10,12,16H,4,6,9H2,1-3H3,(H2,18,19,20)/t10?,12?,16-,26+/m1/s1. The highest BCUT2D eigenvalue weighted by Crippen LogP contribution is 2.44. The molecular formula is C16H23FN5O3P. The first-order valence-electron chi connectivity index (χ1n) is 8.43. The van der Waals surface area contributed by atoms with Crippen molar-refractivity contribution in [2.45, 2.75) is 32.8 Å². The topological polar surface area (TPSA) is 105 Å². The Kier molecular flexibility index (Phi) is 5.41. The molecule has 0 bridgehead atoms. The third-order valence-electron chi connectivity index (χ3n) is 4.34. The average Bonchev–Trinajstić information content (AvgIpc) is 3.16. The molecular weight excluding hydrogens is 360 g/mol. The maximum atomic E-state index is 14.4. The maximum absolute atomic E-state index is 14.4. The van der Waals surface area contributed by atoms with Crippen LogP contribution in [-0.2, 0) is 14.0 Å². The van der Waals surface area contributed by atoms with Gasteiger partial charge in [-0.1, -0.05) is 20.3 Å². The van der Waals surface area contributed by atoms with Gasteiger partial charge in [0.15, 0.2) is 29.8 Å². The normalized spacial score (nSPS) is 23.8. The number of fused-ring (bicyclic) bond motifs is 1. The van der Waals surface area contributed by atoms with Crippen LogP contribution in [0.2, 0.25) is 0 Å². The Bertz CT molecular complexity index is 871. The molecule has 8 nitrogen and oxygen atoms in total. The minimum atomic E-state index is -2.47. The molecule has 1 aliphatic rings. The zero-order valence-corrected chi connectivity index (χ0v) is 15.9. The minimum Gasteiger partial charge on any atom is -0.382 e. The zero-order valence-electron chi connectivity index (χ0n) is 15.0. The Balaban J connectivity index is 1.68. The van der Waals surface area contributed by atoms with E-state index in [-0.39, 0.29) is 12.2 Å². The molecule has 2 aromatic rings. The largest absolute Gasteiger partial charge is 0.382 e. The summed E-state index contributed by atoms with van der Waals surface area (Å²) in [4.78, 5) is 12.0. The lowest BCUT2D eigenvalue weighted by Gasteiger charge is -2.20. The number of rotatable bonds is 7. The van der Waals surface area contributed by atoms with E-state index in [9.17, 15) is 8.96 Å². The van der Waals surface area contributed by atoms with Crippen LogP contribution in [0.4, 0.5) is 10.2 Å². The molecule has 2 N–H and O–H groups in total. The van der Waals surface area contributed by atoms with Crippen molar-refractivity contribution >= 4 is 24.1 Å². The van der Waals surface area contributed by atoms with E-state index in [1.54, 1.807) is 6.66 Å². The summed E-state index contributed by atoms with van der Waals surface area (Å²) in [6, 6.07) is 0. The fourth-order valence-corrected chi connectivity index (χ4v) is 4.99. The van der Waals surface area contributed by atoms with E-state index in [1.165, 1.54) is 23.3 Å². The highest BCUT2D eigenvalue weighted by Gasteiger charge is 2.32. The number of nitrogens with zero attached hydrogens (tertiary/aromatic N) is 4. The zero-order chi connectivity index (χ0) is 18.9. The molecule has 0 radical (unpaired) electrons. The number of hydrogen-bond donors (Lipinski definition) is 1. The second-order valence-electron chi connectivity index (χ2n) is 6.78. The fourth-order valence-electron chi connectivity index (χ4n) is 2.84. The van der Waals surface area contributed by atoms with E-state index in [0.29, 0.717) is 23.2 Å².